The molecule has 0 saturated carbocycles. The fourth-order valence-electron chi connectivity index (χ4n) is 2.01. The molecule has 0 bridgehead atoms. The van der Waals surface area contributed by atoms with Gasteiger partial charge in [-0.3, -0.25) is 0 Å². The molecular weight excluding hydrogens is 260 g/mol. The van der Waals surface area contributed by atoms with E-state index >= 15 is 0 Å². The standard InChI is InChI=1S/C18H20N2O/c1-2-10-21-18-5-3-4-17(11-18)14-20-13-16-8-6-15(12-19)7-9-16/h3-9,11,20H,2,10,13-14H2,1H3. The second kappa shape index (κ2) is 8.08. The number of nitriles is 1. The third-order valence-corrected chi connectivity index (χ3v) is 3.11. The van der Waals surface area contributed by atoms with Crippen LogP contribution in [0.4, 0.5) is 0 Å². The van der Waals surface area contributed by atoms with Gasteiger partial charge in [-0.25, -0.2) is 0 Å². The number of hydrogen-bond donors (Lipinski definition) is 1. The van der Waals surface area contributed by atoms with E-state index < -0.39 is 0 Å². The summed E-state index contributed by atoms with van der Waals surface area (Å²) in [4.78, 5) is 0. The van der Waals surface area contributed by atoms with Crippen LogP contribution in [0.2, 0.25) is 0 Å². The summed E-state index contributed by atoms with van der Waals surface area (Å²) in [7, 11) is 0. The van der Waals surface area contributed by atoms with Crippen LogP contribution in [0.1, 0.15) is 30.0 Å². The molecule has 3 heteroatoms. The van der Waals surface area contributed by atoms with Crippen molar-refractivity contribution in [3.8, 4) is 11.8 Å². The van der Waals surface area contributed by atoms with E-state index in [2.05, 4.69) is 30.4 Å². The zero-order valence-electron chi connectivity index (χ0n) is 12.3. The Balaban J connectivity index is 1.83. The highest BCUT2D eigenvalue weighted by atomic mass is 16.5. The predicted octanol–water partition coefficient (Wildman–Crippen LogP) is 3.64. The molecule has 0 amide bonds. The minimum Gasteiger partial charge on any atom is -0.494 e. The Kier molecular flexibility index (Phi) is 5.81. The molecule has 0 aliphatic heterocycles. The molecule has 0 spiro atoms. The van der Waals surface area contributed by atoms with Gasteiger partial charge in [0.2, 0.25) is 0 Å². The third kappa shape index (κ3) is 4.94. The van der Waals surface area contributed by atoms with E-state index in [1.807, 2.05) is 36.4 Å². The SMILES string of the molecule is CCCOc1cccc(CNCc2ccc(C#N)cc2)c1. The van der Waals surface area contributed by atoms with Gasteiger partial charge in [-0.2, -0.15) is 5.26 Å². The normalized spacial score (nSPS) is 10.1. The molecule has 108 valence electrons. The van der Waals surface area contributed by atoms with Gasteiger partial charge in [0.1, 0.15) is 5.75 Å². The largest absolute Gasteiger partial charge is 0.494 e. The molecule has 21 heavy (non-hydrogen) atoms. The summed E-state index contributed by atoms with van der Waals surface area (Å²) in [6.45, 7) is 4.43. The minimum absolute atomic E-state index is 0.694. The van der Waals surface area contributed by atoms with E-state index in [1.165, 1.54) is 11.1 Å². The van der Waals surface area contributed by atoms with Gasteiger partial charge in [-0.1, -0.05) is 31.2 Å². The molecule has 3 nitrogen and oxygen atoms in total. The summed E-state index contributed by atoms with van der Waals surface area (Å²) < 4.78 is 5.63. The maximum atomic E-state index is 8.76. The number of nitrogens with zero attached hydrogens (tertiary/aromatic N) is 1. The van der Waals surface area contributed by atoms with Crippen molar-refractivity contribution in [1.82, 2.24) is 5.32 Å². The van der Waals surface area contributed by atoms with Crippen LogP contribution in [0.15, 0.2) is 48.5 Å². The fourth-order valence-corrected chi connectivity index (χ4v) is 2.01. The molecular formula is C18H20N2O. The van der Waals surface area contributed by atoms with Crippen molar-refractivity contribution in [1.29, 1.82) is 5.26 Å². The van der Waals surface area contributed by atoms with Crippen molar-refractivity contribution in [3.63, 3.8) is 0 Å². The number of ether oxygens (including phenoxy) is 1. The van der Waals surface area contributed by atoms with Crippen LogP contribution in [-0.4, -0.2) is 6.61 Å². The lowest BCUT2D eigenvalue weighted by Gasteiger charge is -2.08. The highest BCUT2D eigenvalue weighted by Crippen LogP contribution is 2.13. The molecule has 2 aromatic carbocycles. The van der Waals surface area contributed by atoms with Crippen molar-refractivity contribution in [3.05, 3.63) is 65.2 Å². The Labute approximate surface area is 126 Å². The van der Waals surface area contributed by atoms with Crippen molar-refractivity contribution < 1.29 is 4.74 Å². The number of rotatable bonds is 7. The van der Waals surface area contributed by atoms with Gasteiger partial charge in [0.25, 0.3) is 0 Å². The first-order chi connectivity index (χ1) is 10.3. The van der Waals surface area contributed by atoms with Gasteiger partial charge in [0, 0.05) is 13.1 Å². The van der Waals surface area contributed by atoms with E-state index in [0.717, 1.165) is 31.9 Å². The smallest absolute Gasteiger partial charge is 0.119 e. The molecule has 0 fully saturated rings. The lowest BCUT2D eigenvalue weighted by Crippen LogP contribution is -2.12. The summed E-state index contributed by atoms with van der Waals surface area (Å²) in [6, 6.07) is 17.9. The van der Waals surface area contributed by atoms with Gasteiger partial charge in [0.05, 0.1) is 18.2 Å². The van der Waals surface area contributed by atoms with Crippen molar-refractivity contribution >= 4 is 0 Å². The zero-order valence-corrected chi connectivity index (χ0v) is 12.3. The van der Waals surface area contributed by atoms with E-state index in [0.29, 0.717) is 5.56 Å². The van der Waals surface area contributed by atoms with Gasteiger partial charge in [-0.05, 0) is 41.8 Å². The lowest BCUT2D eigenvalue weighted by molar-refractivity contribution is 0.317. The van der Waals surface area contributed by atoms with E-state index in [-0.39, 0.29) is 0 Å². The van der Waals surface area contributed by atoms with Gasteiger partial charge in [-0.15, -0.1) is 0 Å². The molecule has 0 unspecified atom stereocenters. The van der Waals surface area contributed by atoms with Crippen LogP contribution in [0, 0.1) is 11.3 Å². The van der Waals surface area contributed by atoms with Crippen LogP contribution >= 0.6 is 0 Å². The van der Waals surface area contributed by atoms with Crippen molar-refractivity contribution in [2.75, 3.05) is 6.61 Å². The Morgan fingerprint density at radius 2 is 1.81 bits per heavy atom. The van der Waals surface area contributed by atoms with Gasteiger partial charge >= 0.3 is 0 Å². The average Bonchev–Trinajstić information content (AvgIpc) is 2.54. The van der Waals surface area contributed by atoms with Crippen LogP contribution < -0.4 is 10.1 Å². The Bertz CT molecular complexity index is 599. The molecule has 1 N–H and O–H groups in total. The summed E-state index contributed by atoms with van der Waals surface area (Å²) in [6.07, 6.45) is 1.02. The van der Waals surface area contributed by atoms with E-state index in [9.17, 15) is 0 Å². The second-order valence-corrected chi connectivity index (χ2v) is 4.91. The highest BCUT2D eigenvalue weighted by molar-refractivity contribution is 5.32. The Morgan fingerprint density at radius 3 is 2.52 bits per heavy atom. The fraction of sp³-hybridized carbons (Fsp3) is 0.278. The number of benzene rings is 2. The summed E-state index contributed by atoms with van der Waals surface area (Å²) in [5.74, 6) is 0.925. The van der Waals surface area contributed by atoms with Crippen LogP contribution in [0.25, 0.3) is 0 Å². The molecule has 0 atom stereocenters. The Morgan fingerprint density at radius 1 is 1.05 bits per heavy atom. The van der Waals surface area contributed by atoms with Crippen LogP contribution in [-0.2, 0) is 13.1 Å². The maximum Gasteiger partial charge on any atom is 0.119 e. The van der Waals surface area contributed by atoms with Gasteiger partial charge in [0.15, 0.2) is 0 Å². The molecule has 0 aliphatic carbocycles. The molecule has 0 saturated heterocycles. The predicted molar refractivity (Wildman–Crippen MR) is 83.9 cm³/mol. The van der Waals surface area contributed by atoms with E-state index in [4.69, 9.17) is 10.00 Å². The molecule has 0 aliphatic rings. The molecule has 2 rings (SSSR count). The zero-order chi connectivity index (χ0) is 14.9. The average molecular weight is 280 g/mol. The number of nitrogens with one attached hydrogen (secondary N) is 1. The van der Waals surface area contributed by atoms with Crippen molar-refractivity contribution in [2.24, 2.45) is 0 Å². The van der Waals surface area contributed by atoms with Crippen LogP contribution in [0.5, 0.6) is 5.75 Å². The highest BCUT2D eigenvalue weighted by Gasteiger charge is 1.98. The number of hydrogen-bond acceptors (Lipinski definition) is 3. The van der Waals surface area contributed by atoms with Crippen LogP contribution in [0.3, 0.4) is 0 Å². The molecule has 0 aromatic heterocycles. The quantitative estimate of drug-likeness (QED) is 0.842. The summed E-state index contributed by atoms with van der Waals surface area (Å²) in [5, 5.41) is 12.2. The van der Waals surface area contributed by atoms with E-state index in [1.54, 1.807) is 0 Å². The maximum absolute atomic E-state index is 8.76. The first kappa shape index (κ1) is 15.1. The monoisotopic (exact) mass is 280 g/mol. The first-order valence-electron chi connectivity index (χ1n) is 7.23. The topological polar surface area (TPSA) is 45.0 Å². The molecule has 0 heterocycles. The summed E-state index contributed by atoms with van der Waals surface area (Å²) >= 11 is 0. The minimum atomic E-state index is 0.694. The third-order valence-electron chi connectivity index (χ3n) is 3.11. The molecule has 2 aromatic rings. The second-order valence-electron chi connectivity index (χ2n) is 4.91. The lowest BCUT2D eigenvalue weighted by atomic mass is 10.1. The Hall–Kier alpha value is -2.31. The molecule has 0 radical (unpaired) electrons. The summed E-state index contributed by atoms with van der Waals surface area (Å²) in [5.41, 5.74) is 3.07. The van der Waals surface area contributed by atoms with Gasteiger partial charge < -0.3 is 10.1 Å². The first-order valence-corrected chi connectivity index (χ1v) is 7.23. The van der Waals surface area contributed by atoms with Crippen molar-refractivity contribution in [2.45, 2.75) is 26.4 Å².